The third-order valence-electron chi connectivity index (χ3n) is 3.17. The number of fused-ring (bicyclic) bond motifs is 1. The molecule has 1 N–H and O–H groups in total. The Balaban J connectivity index is 2.84. The van der Waals surface area contributed by atoms with E-state index in [9.17, 15) is 4.79 Å². The first kappa shape index (κ1) is 12.4. The molecular weight excluding hydrogens is 228 g/mol. The summed E-state index contributed by atoms with van der Waals surface area (Å²) in [5.41, 5.74) is 3.60. The summed E-state index contributed by atoms with van der Waals surface area (Å²) in [4.78, 5) is 16.3. The Kier molecular flexibility index (Phi) is 3.19. The molecule has 0 aliphatic heterocycles. The number of nitrogens with one attached hydrogen (secondary N) is 1. The van der Waals surface area contributed by atoms with E-state index in [1.807, 2.05) is 26.0 Å². The summed E-state index contributed by atoms with van der Waals surface area (Å²) in [5.74, 6) is 0.318. The predicted molar refractivity (Wildman–Crippen MR) is 72.1 cm³/mol. The standard InChI is InChI=1S/C14H16N2O2/c1-8-5-6-10-11(14(17)18-4)7-12(15-3)16-13(10)9(8)2/h5-7H,1-4H3,(H,15,16). The Bertz CT molecular complexity index is 621. The molecule has 0 saturated carbocycles. The molecule has 0 atom stereocenters. The van der Waals surface area contributed by atoms with E-state index in [2.05, 4.69) is 10.3 Å². The van der Waals surface area contributed by atoms with E-state index in [0.29, 0.717) is 11.4 Å². The Morgan fingerprint density at radius 3 is 2.67 bits per heavy atom. The van der Waals surface area contributed by atoms with Crippen molar-refractivity contribution in [3.8, 4) is 0 Å². The van der Waals surface area contributed by atoms with E-state index in [4.69, 9.17) is 4.74 Å². The van der Waals surface area contributed by atoms with Crippen LogP contribution in [-0.4, -0.2) is 25.1 Å². The summed E-state index contributed by atoms with van der Waals surface area (Å²) < 4.78 is 4.82. The number of pyridine rings is 1. The van der Waals surface area contributed by atoms with Gasteiger partial charge in [-0.3, -0.25) is 0 Å². The molecule has 0 aliphatic carbocycles. The zero-order valence-corrected chi connectivity index (χ0v) is 11.0. The Hall–Kier alpha value is -2.10. The predicted octanol–water partition coefficient (Wildman–Crippen LogP) is 2.68. The normalized spacial score (nSPS) is 10.4. The van der Waals surface area contributed by atoms with Crippen LogP contribution in [0.1, 0.15) is 21.5 Å². The van der Waals surface area contributed by atoms with Gasteiger partial charge in [0.1, 0.15) is 5.82 Å². The number of hydrogen-bond donors (Lipinski definition) is 1. The summed E-state index contributed by atoms with van der Waals surface area (Å²) in [6.45, 7) is 4.03. The molecule has 1 aromatic carbocycles. The van der Waals surface area contributed by atoms with E-state index in [-0.39, 0.29) is 5.97 Å². The highest BCUT2D eigenvalue weighted by Crippen LogP contribution is 2.26. The molecule has 94 valence electrons. The van der Waals surface area contributed by atoms with Gasteiger partial charge in [-0.05, 0) is 31.0 Å². The van der Waals surface area contributed by atoms with E-state index >= 15 is 0 Å². The fraction of sp³-hybridized carbons (Fsp3) is 0.286. The Morgan fingerprint density at radius 1 is 1.33 bits per heavy atom. The topological polar surface area (TPSA) is 51.2 Å². The van der Waals surface area contributed by atoms with Crippen molar-refractivity contribution in [1.82, 2.24) is 4.98 Å². The van der Waals surface area contributed by atoms with Crippen LogP contribution in [0.2, 0.25) is 0 Å². The molecule has 0 radical (unpaired) electrons. The second-order valence-electron chi connectivity index (χ2n) is 4.20. The van der Waals surface area contributed by atoms with Gasteiger partial charge < -0.3 is 10.1 Å². The van der Waals surface area contributed by atoms with Gasteiger partial charge in [0.2, 0.25) is 0 Å². The lowest BCUT2D eigenvalue weighted by atomic mass is 10.0. The first-order chi connectivity index (χ1) is 8.58. The van der Waals surface area contributed by atoms with Gasteiger partial charge in [0.25, 0.3) is 0 Å². The monoisotopic (exact) mass is 244 g/mol. The molecule has 0 saturated heterocycles. The number of aryl methyl sites for hydroxylation is 2. The van der Waals surface area contributed by atoms with E-state index in [1.165, 1.54) is 7.11 Å². The number of carbonyl (C=O) groups is 1. The lowest BCUT2D eigenvalue weighted by molar-refractivity contribution is 0.0603. The van der Waals surface area contributed by atoms with Crippen LogP contribution in [0, 0.1) is 13.8 Å². The van der Waals surface area contributed by atoms with Crippen LogP contribution in [0.4, 0.5) is 5.82 Å². The first-order valence-electron chi connectivity index (χ1n) is 5.75. The van der Waals surface area contributed by atoms with Crippen LogP contribution in [0.15, 0.2) is 18.2 Å². The molecule has 2 rings (SSSR count). The summed E-state index contributed by atoms with van der Waals surface area (Å²) in [6.07, 6.45) is 0. The van der Waals surface area contributed by atoms with Crippen LogP contribution in [0.25, 0.3) is 10.9 Å². The molecular formula is C14H16N2O2. The van der Waals surface area contributed by atoms with Gasteiger partial charge in [-0.25, -0.2) is 9.78 Å². The molecule has 0 unspecified atom stereocenters. The summed E-state index contributed by atoms with van der Waals surface area (Å²) in [7, 11) is 3.16. The zero-order valence-electron chi connectivity index (χ0n) is 11.0. The third-order valence-corrected chi connectivity index (χ3v) is 3.17. The number of esters is 1. The number of rotatable bonds is 2. The summed E-state index contributed by atoms with van der Waals surface area (Å²) in [6, 6.07) is 5.62. The molecule has 0 aliphatic rings. The largest absolute Gasteiger partial charge is 0.465 e. The second-order valence-corrected chi connectivity index (χ2v) is 4.20. The third kappa shape index (κ3) is 1.90. The minimum Gasteiger partial charge on any atom is -0.465 e. The highest BCUT2D eigenvalue weighted by Gasteiger charge is 2.14. The number of carbonyl (C=O) groups excluding carboxylic acids is 1. The molecule has 18 heavy (non-hydrogen) atoms. The van der Waals surface area contributed by atoms with E-state index in [0.717, 1.165) is 22.0 Å². The molecule has 0 spiro atoms. The van der Waals surface area contributed by atoms with Crippen molar-refractivity contribution >= 4 is 22.7 Å². The molecule has 2 aromatic rings. The molecule has 4 nitrogen and oxygen atoms in total. The van der Waals surface area contributed by atoms with Gasteiger partial charge >= 0.3 is 5.97 Å². The van der Waals surface area contributed by atoms with Crippen molar-refractivity contribution in [1.29, 1.82) is 0 Å². The van der Waals surface area contributed by atoms with Gasteiger partial charge in [0.15, 0.2) is 0 Å². The van der Waals surface area contributed by atoms with Gasteiger partial charge in [-0.15, -0.1) is 0 Å². The first-order valence-corrected chi connectivity index (χ1v) is 5.75. The average Bonchev–Trinajstić information content (AvgIpc) is 2.41. The SMILES string of the molecule is CNc1cc(C(=O)OC)c2ccc(C)c(C)c2n1. The van der Waals surface area contributed by atoms with Crippen molar-refractivity contribution < 1.29 is 9.53 Å². The van der Waals surface area contributed by atoms with Crippen molar-refractivity contribution in [2.75, 3.05) is 19.5 Å². The molecule has 0 bridgehead atoms. The number of nitrogens with zero attached hydrogens (tertiary/aromatic N) is 1. The van der Waals surface area contributed by atoms with Crippen LogP contribution in [0.5, 0.6) is 0 Å². The van der Waals surface area contributed by atoms with Gasteiger partial charge in [0, 0.05) is 12.4 Å². The fourth-order valence-corrected chi connectivity index (χ4v) is 1.94. The van der Waals surface area contributed by atoms with Crippen LogP contribution in [-0.2, 0) is 4.74 Å². The minimum absolute atomic E-state index is 0.345. The number of benzene rings is 1. The Morgan fingerprint density at radius 2 is 2.06 bits per heavy atom. The average molecular weight is 244 g/mol. The maximum atomic E-state index is 11.8. The van der Waals surface area contributed by atoms with Crippen LogP contribution < -0.4 is 5.32 Å². The Labute approximate surface area is 106 Å². The number of methoxy groups -OCH3 is 1. The van der Waals surface area contributed by atoms with Crippen molar-refractivity contribution in [3.63, 3.8) is 0 Å². The second kappa shape index (κ2) is 4.64. The number of ether oxygens (including phenoxy) is 1. The quantitative estimate of drug-likeness (QED) is 0.825. The molecule has 0 fully saturated rings. The molecule has 0 amide bonds. The number of aromatic nitrogens is 1. The fourth-order valence-electron chi connectivity index (χ4n) is 1.94. The maximum absolute atomic E-state index is 11.8. The van der Waals surface area contributed by atoms with Gasteiger partial charge in [-0.2, -0.15) is 0 Å². The van der Waals surface area contributed by atoms with Gasteiger partial charge in [0.05, 0.1) is 18.2 Å². The lowest BCUT2D eigenvalue weighted by Crippen LogP contribution is -2.06. The molecule has 1 heterocycles. The number of hydrogen-bond acceptors (Lipinski definition) is 4. The van der Waals surface area contributed by atoms with Gasteiger partial charge in [-0.1, -0.05) is 12.1 Å². The molecule has 1 aromatic heterocycles. The highest BCUT2D eigenvalue weighted by atomic mass is 16.5. The highest BCUT2D eigenvalue weighted by molar-refractivity contribution is 6.05. The van der Waals surface area contributed by atoms with E-state index < -0.39 is 0 Å². The molecule has 4 heteroatoms. The summed E-state index contributed by atoms with van der Waals surface area (Å²) in [5, 5.41) is 3.79. The van der Waals surface area contributed by atoms with Crippen molar-refractivity contribution in [2.45, 2.75) is 13.8 Å². The van der Waals surface area contributed by atoms with Crippen molar-refractivity contribution in [2.24, 2.45) is 0 Å². The number of anilines is 1. The maximum Gasteiger partial charge on any atom is 0.338 e. The zero-order chi connectivity index (χ0) is 13.3. The van der Waals surface area contributed by atoms with Crippen LogP contribution >= 0.6 is 0 Å². The lowest BCUT2D eigenvalue weighted by Gasteiger charge is -2.11. The summed E-state index contributed by atoms with van der Waals surface area (Å²) >= 11 is 0. The smallest absolute Gasteiger partial charge is 0.338 e. The van der Waals surface area contributed by atoms with Crippen LogP contribution in [0.3, 0.4) is 0 Å². The van der Waals surface area contributed by atoms with Crippen molar-refractivity contribution in [3.05, 3.63) is 34.9 Å². The minimum atomic E-state index is -0.345. The van der Waals surface area contributed by atoms with E-state index in [1.54, 1.807) is 13.1 Å².